The molecule has 1 aromatic heterocycles. The van der Waals surface area contributed by atoms with Crippen LogP contribution in [0.5, 0.6) is 0 Å². The summed E-state index contributed by atoms with van der Waals surface area (Å²) in [5.74, 6) is -0.436. The Hall–Kier alpha value is -3.22. The Labute approximate surface area is 164 Å². The minimum atomic E-state index is -0.643. The third-order valence-electron chi connectivity index (χ3n) is 3.44. The number of nitrogens with one attached hydrogen (secondary N) is 1. The Kier molecular flexibility index (Phi) is 6.51. The number of halogens is 1. The van der Waals surface area contributed by atoms with Gasteiger partial charge in [-0.15, -0.1) is 0 Å². The number of pyridine rings is 1. The van der Waals surface area contributed by atoms with Crippen LogP contribution in [0.2, 0.25) is 0 Å². The highest BCUT2D eigenvalue weighted by Gasteiger charge is 2.19. The van der Waals surface area contributed by atoms with Crippen LogP contribution in [0.25, 0.3) is 5.57 Å². The molecule has 2 rings (SSSR count). The van der Waals surface area contributed by atoms with E-state index in [4.69, 9.17) is 4.74 Å². The van der Waals surface area contributed by atoms with Crippen LogP contribution in [-0.2, 0) is 4.74 Å². The summed E-state index contributed by atoms with van der Waals surface area (Å²) in [6.45, 7) is 5.28. The number of ether oxygens (including phenoxy) is 1. The third kappa shape index (κ3) is 6.19. The molecule has 1 N–H and O–H groups in total. The van der Waals surface area contributed by atoms with Crippen LogP contribution in [0.1, 0.15) is 36.7 Å². The summed E-state index contributed by atoms with van der Waals surface area (Å²) >= 11 is 0. The molecule has 0 aliphatic heterocycles. The fourth-order valence-corrected chi connectivity index (χ4v) is 2.35. The molecule has 1 aromatic carbocycles. The Bertz CT molecular complexity index is 885. The zero-order valence-corrected chi connectivity index (χ0v) is 16.6. The lowest BCUT2D eigenvalue weighted by atomic mass is 9.98. The topological polar surface area (TPSA) is 71.5 Å². The minimum absolute atomic E-state index is 0.253. The fraction of sp³-hybridized carbons (Fsp3) is 0.286. The standard InChI is InChI=1S/C21H24FN3O3/c1-21(2,3)28-20(27)24-18-12-15(10-11-23-18)17(13-25(4)5)19(26)14-6-8-16(22)9-7-14/h6-13H,1-5H3,(H,23,24,27). The summed E-state index contributed by atoms with van der Waals surface area (Å²) < 4.78 is 18.4. The maximum absolute atomic E-state index is 13.2. The molecule has 0 aliphatic carbocycles. The van der Waals surface area contributed by atoms with Gasteiger partial charge in [0.2, 0.25) is 0 Å². The smallest absolute Gasteiger partial charge is 0.413 e. The average Bonchev–Trinajstić information content (AvgIpc) is 2.58. The van der Waals surface area contributed by atoms with Gasteiger partial charge in [0, 0.05) is 37.6 Å². The number of amides is 1. The molecule has 0 unspecified atom stereocenters. The number of Topliss-reactive ketones (excluding diaryl/α,β-unsaturated/α-hetero) is 1. The number of carbonyl (C=O) groups is 2. The van der Waals surface area contributed by atoms with E-state index in [0.717, 1.165) is 0 Å². The van der Waals surface area contributed by atoms with Crippen LogP contribution in [0.4, 0.5) is 15.0 Å². The minimum Gasteiger partial charge on any atom is -0.444 e. The number of nitrogens with zero attached hydrogens (tertiary/aromatic N) is 2. The van der Waals surface area contributed by atoms with Gasteiger partial charge in [-0.3, -0.25) is 10.1 Å². The molecular weight excluding hydrogens is 361 g/mol. The van der Waals surface area contributed by atoms with E-state index < -0.39 is 17.5 Å². The van der Waals surface area contributed by atoms with Crippen LogP contribution < -0.4 is 5.32 Å². The van der Waals surface area contributed by atoms with Crippen LogP contribution in [0, 0.1) is 5.82 Å². The van der Waals surface area contributed by atoms with Crippen molar-refractivity contribution in [1.29, 1.82) is 0 Å². The Morgan fingerprint density at radius 2 is 1.75 bits per heavy atom. The summed E-state index contributed by atoms with van der Waals surface area (Å²) in [5, 5.41) is 2.56. The molecule has 28 heavy (non-hydrogen) atoms. The quantitative estimate of drug-likeness (QED) is 0.612. The summed E-state index contributed by atoms with van der Waals surface area (Å²) in [5.41, 5.74) is 0.652. The van der Waals surface area contributed by atoms with E-state index in [-0.39, 0.29) is 11.6 Å². The predicted molar refractivity (Wildman–Crippen MR) is 106 cm³/mol. The van der Waals surface area contributed by atoms with Crippen LogP contribution in [-0.4, -0.2) is 41.5 Å². The monoisotopic (exact) mass is 385 g/mol. The lowest BCUT2D eigenvalue weighted by Crippen LogP contribution is -2.27. The van der Waals surface area contributed by atoms with Gasteiger partial charge in [0.25, 0.3) is 0 Å². The van der Waals surface area contributed by atoms with Gasteiger partial charge >= 0.3 is 6.09 Å². The molecule has 0 bridgehead atoms. The number of rotatable bonds is 5. The number of hydrogen-bond acceptors (Lipinski definition) is 5. The Balaban J connectivity index is 2.33. The second kappa shape index (κ2) is 8.65. The second-order valence-corrected chi connectivity index (χ2v) is 7.40. The van der Waals surface area contributed by atoms with E-state index in [9.17, 15) is 14.0 Å². The summed E-state index contributed by atoms with van der Waals surface area (Å²) in [7, 11) is 3.58. The second-order valence-electron chi connectivity index (χ2n) is 7.40. The number of benzene rings is 1. The lowest BCUT2D eigenvalue weighted by molar-refractivity contribution is 0.0635. The van der Waals surface area contributed by atoms with E-state index in [2.05, 4.69) is 10.3 Å². The van der Waals surface area contributed by atoms with Gasteiger partial charge in [-0.2, -0.15) is 0 Å². The van der Waals surface area contributed by atoms with Crippen molar-refractivity contribution in [2.75, 3.05) is 19.4 Å². The molecule has 0 saturated carbocycles. The average molecular weight is 385 g/mol. The highest BCUT2D eigenvalue weighted by atomic mass is 19.1. The van der Waals surface area contributed by atoms with E-state index in [1.54, 1.807) is 58.1 Å². The predicted octanol–water partition coefficient (Wildman–Crippen LogP) is 4.35. The lowest BCUT2D eigenvalue weighted by Gasteiger charge is -2.19. The van der Waals surface area contributed by atoms with Gasteiger partial charge in [0.15, 0.2) is 5.78 Å². The number of ketones is 1. The molecule has 0 spiro atoms. The number of aromatic nitrogens is 1. The normalized spacial score (nSPS) is 11.7. The number of carbonyl (C=O) groups excluding carboxylic acids is 2. The molecular formula is C21H24FN3O3. The largest absolute Gasteiger partial charge is 0.444 e. The molecule has 7 heteroatoms. The van der Waals surface area contributed by atoms with Crippen LogP contribution >= 0.6 is 0 Å². The van der Waals surface area contributed by atoms with Crippen molar-refractivity contribution in [3.8, 4) is 0 Å². The molecule has 1 amide bonds. The maximum Gasteiger partial charge on any atom is 0.413 e. The molecule has 0 saturated heterocycles. The van der Waals surface area contributed by atoms with Gasteiger partial charge in [0.05, 0.1) is 0 Å². The van der Waals surface area contributed by atoms with Crippen molar-refractivity contribution >= 4 is 23.3 Å². The highest BCUT2D eigenvalue weighted by molar-refractivity contribution is 6.28. The van der Waals surface area contributed by atoms with E-state index >= 15 is 0 Å². The van der Waals surface area contributed by atoms with Crippen molar-refractivity contribution in [2.24, 2.45) is 0 Å². The first-order chi connectivity index (χ1) is 13.0. The molecule has 0 aliphatic rings. The molecule has 0 radical (unpaired) electrons. The summed E-state index contributed by atoms with van der Waals surface area (Å²) in [6.07, 6.45) is 2.52. The SMILES string of the molecule is CN(C)C=C(C(=O)c1ccc(F)cc1)c1ccnc(NC(=O)OC(C)(C)C)c1. The van der Waals surface area contributed by atoms with Crippen molar-refractivity contribution in [2.45, 2.75) is 26.4 Å². The van der Waals surface area contributed by atoms with Gasteiger partial charge < -0.3 is 9.64 Å². The van der Waals surface area contributed by atoms with Crippen molar-refractivity contribution < 1.29 is 18.7 Å². The highest BCUT2D eigenvalue weighted by Crippen LogP contribution is 2.23. The summed E-state index contributed by atoms with van der Waals surface area (Å²) in [4.78, 5) is 30.8. The van der Waals surface area contributed by atoms with E-state index in [0.29, 0.717) is 16.7 Å². The molecule has 0 atom stereocenters. The van der Waals surface area contributed by atoms with Crippen LogP contribution in [0.15, 0.2) is 48.8 Å². The Morgan fingerprint density at radius 3 is 2.32 bits per heavy atom. The first-order valence-electron chi connectivity index (χ1n) is 8.70. The van der Waals surface area contributed by atoms with Gasteiger partial charge in [-0.25, -0.2) is 14.2 Å². The summed E-state index contributed by atoms with van der Waals surface area (Å²) in [6, 6.07) is 8.59. The molecule has 0 fully saturated rings. The zero-order valence-electron chi connectivity index (χ0n) is 16.6. The van der Waals surface area contributed by atoms with E-state index in [1.165, 1.54) is 30.5 Å². The van der Waals surface area contributed by atoms with Gasteiger partial charge in [-0.1, -0.05) is 0 Å². The fourth-order valence-electron chi connectivity index (χ4n) is 2.35. The number of hydrogen-bond donors (Lipinski definition) is 1. The Morgan fingerprint density at radius 1 is 1.11 bits per heavy atom. The third-order valence-corrected chi connectivity index (χ3v) is 3.44. The van der Waals surface area contributed by atoms with Crippen molar-refractivity contribution in [1.82, 2.24) is 9.88 Å². The van der Waals surface area contributed by atoms with Gasteiger partial charge in [-0.05, 0) is 62.7 Å². The number of allylic oxidation sites excluding steroid dienone is 1. The molecule has 148 valence electrons. The first kappa shape index (κ1) is 21.1. The van der Waals surface area contributed by atoms with Crippen molar-refractivity contribution in [3.63, 3.8) is 0 Å². The first-order valence-corrected chi connectivity index (χ1v) is 8.70. The molecule has 6 nitrogen and oxygen atoms in total. The maximum atomic E-state index is 13.2. The van der Waals surface area contributed by atoms with E-state index in [1.807, 2.05) is 0 Å². The zero-order chi connectivity index (χ0) is 20.9. The van der Waals surface area contributed by atoms with Crippen LogP contribution in [0.3, 0.4) is 0 Å². The molecule has 2 aromatic rings. The van der Waals surface area contributed by atoms with Crippen molar-refractivity contribution in [3.05, 3.63) is 65.7 Å². The van der Waals surface area contributed by atoms with Gasteiger partial charge in [0.1, 0.15) is 17.2 Å². The molecule has 1 heterocycles. The number of anilines is 1.